The molecule has 3 aromatic rings. The van der Waals surface area contributed by atoms with Gasteiger partial charge in [-0.15, -0.1) is 0 Å². The second-order valence-electron chi connectivity index (χ2n) is 7.76. The molecule has 0 amide bonds. The van der Waals surface area contributed by atoms with Crippen molar-refractivity contribution in [2.45, 2.75) is 45.1 Å². The van der Waals surface area contributed by atoms with Gasteiger partial charge in [0.2, 0.25) is 0 Å². The van der Waals surface area contributed by atoms with Crippen LogP contribution in [-0.4, -0.2) is 6.54 Å². The van der Waals surface area contributed by atoms with Crippen molar-refractivity contribution in [3.63, 3.8) is 0 Å². The van der Waals surface area contributed by atoms with Gasteiger partial charge in [0.05, 0.1) is 0 Å². The van der Waals surface area contributed by atoms with Crippen LogP contribution in [-0.2, 0) is 12.8 Å². The summed E-state index contributed by atoms with van der Waals surface area (Å²) in [6, 6.07) is 24.7. The van der Waals surface area contributed by atoms with Crippen molar-refractivity contribution in [3.8, 4) is 0 Å². The zero-order valence-electron chi connectivity index (χ0n) is 15.7. The first kappa shape index (κ1) is 17.3. The maximum atomic E-state index is 3.75. The van der Waals surface area contributed by atoms with Gasteiger partial charge in [-0.1, -0.05) is 66.7 Å². The smallest absolute Gasteiger partial charge is 0.0297 e. The number of benzene rings is 3. The van der Waals surface area contributed by atoms with Crippen LogP contribution in [0.1, 0.15) is 48.9 Å². The lowest BCUT2D eigenvalue weighted by molar-refractivity contribution is 0.403. The molecule has 1 aliphatic rings. The molecule has 0 saturated carbocycles. The fraction of sp³-hybridized carbons (Fsp3) is 0.360. The van der Waals surface area contributed by atoms with Crippen LogP contribution < -0.4 is 5.32 Å². The van der Waals surface area contributed by atoms with E-state index in [0.717, 1.165) is 12.5 Å². The van der Waals surface area contributed by atoms with Gasteiger partial charge in [-0.3, -0.25) is 0 Å². The van der Waals surface area contributed by atoms with Crippen molar-refractivity contribution in [1.29, 1.82) is 0 Å². The van der Waals surface area contributed by atoms with E-state index in [9.17, 15) is 0 Å². The molecule has 0 aliphatic heterocycles. The van der Waals surface area contributed by atoms with E-state index in [-0.39, 0.29) is 0 Å². The predicted molar refractivity (Wildman–Crippen MR) is 112 cm³/mol. The molecule has 4 rings (SSSR count). The molecule has 1 aliphatic carbocycles. The minimum Gasteiger partial charge on any atom is -0.310 e. The van der Waals surface area contributed by atoms with E-state index in [0.29, 0.717) is 6.04 Å². The first-order valence-electron chi connectivity index (χ1n) is 10.1. The normalized spacial score (nSPS) is 17.8. The lowest BCUT2D eigenvalue weighted by atomic mass is 9.82. The molecule has 0 fully saturated rings. The fourth-order valence-corrected chi connectivity index (χ4v) is 4.47. The van der Waals surface area contributed by atoms with Gasteiger partial charge in [-0.25, -0.2) is 0 Å². The highest BCUT2D eigenvalue weighted by atomic mass is 14.9. The Morgan fingerprint density at radius 1 is 0.923 bits per heavy atom. The molecule has 0 heterocycles. The van der Waals surface area contributed by atoms with Crippen LogP contribution in [0.2, 0.25) is 0 Å². The van der Waals surface area contributed by atoms with Crippen LogP contribution >= 0.6 is 0 Å². The van der Waals surface area contributed by atoms with E-state index < -0.39 is 0 Å². The van der Waals surface area contributed by atoms with E-state index in [4.69, 9.17) is 0 Å². The Kier molecular flexibility index (Phi) is 5.36. The molecule has 0 saturated heterocycles. The van der Waals surface area contributed by atoms with E-state index in [1.165, 1.54) is 48.4 Å². The Morgan fingerprint density at radius 2 is 1.69 bits per heavy atom. The minimum absolute atomic E-state index is 0.396. The molecule has 3 aromatic carbocycles. The first-order valence-corrected chi connectivity index (χ1v) is 10.1. The molecular weight excluding hydrogens is 314 g/mol. The van der Waals surface area contributed by atoms with Gasteiger partial charge in [0.15, 0.2) is 0 Å². The zero-order chi connectivity index (χ0) is 17.8. The van der Waals surface area contributed by atoms with Crippen molar-refractivity contribution in [2.24, 2.45) is 5.92 Å². The largest absolute Gasteiger partial charge is 0.310 e. The van der Waals surface area contributed by atoms with Gasteiger partial charge in [-0.05, 0) is 79.0 Å². The maximum absolute atomic E-state index is 3.75. The van der Waals surface area contributed by atoms with Crippen molar-refractivity contribution < 1.29 is 0 Å². The highest BCUT2D eigenvalue weighted by Gasteiger charge is 2.17. The zero-order valence-corrected chi connectivity index (χ0v) is 15.7. The van der Waals surface area contributed by atoms with E-state index in [2.05, 4.69) is 79.0 Å². The van der Waals surface area contributed by atoms with Crippen LogP contribution in [0.15, 0.2) is 66.7 Å². The molecule has 2 atom stereocenters. The molecule has 1 heteroatoms. The summed E-state index contributed by atoms with van der Waals surface area (Å²) in [7, 11) is 0. The third-order valence-corrected chi connectivity index (χ3v) is 5.98. The Morgan fingerprint density at radius 3 is 2.62 bits per heavy atom. The standard InChI is InChI=1S/C25H29N/c1-19(24-14-6-12-22-10-4-5-13-25(22)24)26-17-7-8-20-15-16-21-9-2-3-11-23(21)18-20/h2-6,9-14,19-20,26H,7-8,15-18H2,1H3/t19-,20?/m1/s1. The van der Waals surface area contributed by atoms with Gasteiger partial charge in [-0.2, -0.15) is 0 Å². The Hall–Kier alpha value is -2.12. The van der Waals surface area contributed by atoms with Crippen LogP contribution in [0, 0.1) is 5.92 Å². The summed E-state index contributed by atoms with van der Waals surface area (Å²) < 4.78 is 0. The molecule has 0 spiro atoms. The average molecular weight is 344 g/mol. The second kappa shape index (κ2) is 8.05. The summed E-state index contributed by atoms with van der Waals surface area (Å²) in [6.45, 7) is 3.39. The summed E-state index contributed by atoms with van der Waals surface area (Å²) >= 11 is 0. The summed E-state index contributed by atoms with van der Waals surface area (Å²) in [4.78, 5) is 0. The summed E-state index contributed by atoms with van der Waals surface area (Å²) in [6.07, 6.45) is 6.50. The van der Waals surface area contributed by atoms with Crippen LogP contribution in [0.3, 0.4) is 0 Å². The van der Waals surface area contributed by atoms with E-state index >= 15 is 0 Å². The Bertz CT molecular complexity index is 861. The van der Waals surface area contributed by atoms with Crippen LogP contribution in [0.5, 0.6) is 0 Å². The lowest BCUT2D eigenvalue weighted by Crippen LogP contribution is -2.21. The molecule has 134 valence electrons. The SMILES string of the molecule is C[C@@H](NCCCC1CCc2ccccc2C1)c1cccc2ccccc12. The molecule has 1 unspecified atom stereocenters. The van der Waals surface area contributed by atoms with Crippen molar-refractivity contribution in [1.82, 2.24) is 5.32 Å². The number of rotatable bonds is 6. The summed E-state index contributed by atoms with van der Waals surface area (Å²) in [5.74, 6) is 0.861. The average Bonchev–Trinajstić information content (AvgIpc) is 2.70. The molecule has 1 nitrogen and oxygen atoms in total. The Balaban J connectivity index is 1.28. The third-order valence-electron chi connectivity index (χ3n) is 5.98. The van der Waals surface area contributed by atoms with Gasteiger partial charge < -0.3 is 5.32 Å². The monoisotopic (exact) mass is 343 g/mol. The van der Waals surface area contributed by atoms with Crippen molar-refractivity contribution in [2.75, 3.05) is 6.54 Å². The van der Waals surface area contributed by atoms with Crippen LogP contribution in [0.4, 0.5) is 0 Å². The second-order valence-corrected chi connectivity index (χ2v) is 7.76. The number of nitrogens with one attached hydrogen (secondary N) is 1. The Labute approximate surface area is 157 Å². The summed E-state index contributed by atoms with van der Waals surface area (Å²) in [5.41, 5.74) is 4.57. The number of hydrogen-bond donors (Lipinski definition) is 1. The number of fused-ring (bicyclic) bond motifs is 2. The number of aryl methyl sites for hydroxylation is 1. The summed E-state index contributed by atoms with van der Waals surface area (Å²) in [5, 5.41) is 6.46. The fourth-order valence-electron chi connectivity index (χ4n) is 4.47. The lowest BCUT2D eigenvalue weighted by Gasteiger charge is -2.25. The molecular formula is C25H29N. The van der Waals surface area contributed by atoms with Crippen molar-refractivity contribution >= 4 is 10.8 Å². The highest BCUT2D eigenvalue weighted by molar-refractivity contribution is 5.86. The van der Waals surface area contributed by atoms with E-state index in [1.807, 2.05) is 0 Å². The first-order chi connectivity index (χ1) is 12.8. The number of hydrogen-bond acceptors (Lipinski definition) is 1. The van der Waals surface area contributed by atoms with Crippen LogP contribution in [0.25, 0.3) is 10.8 Å². The molecule has 0 bridgehead atoms. The van der Waals surface area contributed by atoms with Gasteiger partial charge in [0.1, 0.15) is 0 Å². The molecule has 0 aromatic heterocycles. The highest BCUT2D eigenvalue weighted by Crippen LogP contribution is 2.28. The maximum Gasteiger partial charge on any atom is 0.0297 e. The topological polar surface area (TPSA) is 12.0 Å². The quantitative estimate of drug-likeness (QED) is 0.535. The molecule has 1 N–H and O–H groups in total. The predicted octanol–water partition coefficient (Wildman–Crippen LogP) is 6.08. The van der Waals surface area contributed by atoms with Crippen molar-refractivity contribution in [3.05, 3.63) is 83.4 Å². The van der Waals surface area contributed by atoms with Gasteiger partial charge in [0.25, 0.3) is 0 Å². The molecule has 26 heavy (non-hydrogen) atoms. The van der Waals surface area contributed by atoms with E-state index in [1.54, 1.807) is 11.1 Å². The van der Waals surface area contributed by atoms with Gasteiger partial charge >= 0.3 is 0 Å². The molecule has 0 radical (unpaired) electrons. The third kappa shape index (κ3) is 3.83. The van der Waals surface area contributed by atoms with Gasteiger partial charge in [0, 0.05) is 6.04 Å². The minimum atomic E-state index is 0.396.